The summed E-state index contributed by atoms with van der Waals surface area (Å²) in [6.45, 7) is 5.77. The molecule has 162 valence electrons. The lowest BCUT2D eigenvalue weighted by molar-refractivity contribution is 0.383. The molecule has 1 fully saturated rings. The quantitative estimate of drug-likeness (QED) is 0.585. The summed E-state index contributed by atoms with van der Waals surface area (Å²) in [5.74, 6) is 2.52. The van der Waals surface area contributed by atoms with Crippen molar-refractivity contribution in [3.05, 3.63) is 72.1 Å². The average Bonchev–Trinajstić information content (AvgIpc) is 2.79. The highest BCUT2D eigenvalue weighted by Crippen LogP contribution is 2.25. The number of hydrogen-bond donors (Lipinski definition) is 0. The maximum Gasteiger partial charge on any atom is 0.243 e. The molecule has 4 rings (SSSR count). The largest absolute Gasteiger partial charge is 0.439 e. The second-order valence-electron chi connectivity index (χ2n) is 7.42. The van der Waals surface area contributed by atoms with Crippen LogP contribution in [0.2, 0.25) is 0 Å². The molecule has 0 saturated carbocycles. The first-order valence-corrected chi connectivity index (χ1v) is 11.8. The van der Waals surface area contributed by atoms with Gasteiger partial charge in [-0.05, 0) is 43.2 Å². The van der Waals surface area contributed by atoms with Crippen LogP contribution < -0.4 is 9.64 Å². The average molecular weight is 439 g/mol. The number of nitrogens with zero attached hydrogens (tertiary/aromatic N) is 4. The number of rotatable bonds is 6. The van der Waals surface area contributed by atoms with Crippen molar-refractivity contribution in [2.45, 2.75) is 25.2 Å². The molecule has 1 aliphatic heterocycles. The Labute approximate surface area is 183 Å². The van der Waals surface area contributed by atoms with Crippen molar-refractivity contribution in [3.8, 4) is 11.6 Å². The first-order valence-electron chi connectivity index (χ1n) is 10.4. The van der Waals surface area contributed by atoms with Gasteiger partial charge in [0, 0.05) is 32.2 Å². The van der Waals surface area contributed by atoms with E-state index in [1.807, 2.05) is 56.3 Å². The van der Waals surface area contributed by atoms with Gasteiger partial charge in [-0.3, -0.25) is 0 Å². The smallest absolute Gasteiger partial charge is 0.243 e. The van der Waals surface area contributed by atoms with Gasteiger partial charge in [-0.2, -0.15) is 9.29 Å². The monoisotopic (exact) mass is 438 g/mol. The number of piperazine rings is 1. The van der Waals surface area contributed by atoms with Gasteiger partial charge in [0.2, 0.25) is 15.9 Å². The molecule has 0 aliphatic carbocycles. The fourth-order valence-electron chi connectivity index (χ4n) is 3.55. The van der Waals surface area contributed by atoms with E-state index in [-0.39, 0.29) is 0 Å². The summed E-state index contributed by atoms with van der Waals surface area (Å²) < 4.78 is 33.4. The molecule has 0 unspecified atom stereocenters. The van der Waals surface area contributed by atoms with E-state index < -0.39 is 10.0 Å². The Morgan fingerprint density at radius 3 is 2.26 bits per heavy atom. The van der Waals surface area contributed by atoms with E-state index in [0.717, 1.165) is 17.8 Å². The van der Waals surface area contributed by atoms with Crippen LogP contribution in [0.1, 0.15) is 18.3 Å². The number of para-hydroxylation sites is 1. The van der Waals surface area contributed by atoms with Gasteiger partial charge in [0.05, 0.1) is 4.90 Å². The van der Waals surface area contributed by atoms with Crippen molar-refractivity contribution in [1.29, 1.82) is 0 Å². The highest BCUT2D eigenvalue weighted by Gasteiger charge is 2.29. The molecule has 3 aromatic rings. The Kier molecular flexibility index (Phi) is 6.20. The van der Waals surface area contributed by atoms with Gasteiger partial charge in [-0.15, -0.1) is 0 Å². The molecule has 2 heterocycles. The van der Waals surface area contributed by atoms with Crippen molar-refractivity contribution >= 4 is 15.8 Å². The van der Waals surface area contributed by atoms with E-state index in [2.05, 4.69) is 14.9 Å². The number of aryl methyl sites for hydroxylation is 2. The minimum absolute atomic E-state index is 0.342. The lowest BCUT2D eigenvalue weighted by atomic mass is 10.2. The molecule has 1 aromatic heterocycles. The van der Waals surface area contributed by atoms with Crippen molar-refractivity contribution in [2.24, 2.45) is 0 Å². The molecule has 0 radical (unpaired) electrons. The molecule has 0 amide bonds. The van der Waals surface area contributed by atoms with Crippen LogP contribution in [0.5, 0.6) is 11.6 Å². The SMILES string of the molecule is CCc1ccc(S(=O)(=O)N2CCN(c3cc(Oc4ccccc4)nc(C)n3)CC2)cc1. The third-order valence-electron chi connectivity index (χ3n) is 5.30. The normalized spacial score (nSPS) is 15.1. The highest BCUT2D eigenvalue weighted by atomic mass is 32.2. The van der Waals surface area contributed by atoms with Crippen LogP contribution in [0.25, 0.3) is 0 Å². The third-order valence-corrected chi connectivity index (χ3v) is 7.21. The van der Waals surface area contributed by atoms with Crippen LogP contribution in [0.3, 0.4) is 0 Å². The van der Waals surface area contributed by atoms with Crippen LogP contribution in [0.4, 0.5) is 5.82 Å². The Hall–Kier alpha value is -2.97. The van der Waals surface area contributed by atoms with Crippen LogP contribution in [-0.2, 0) is 16.4 Å². The predicted molar refractivity (Wildman–Crippen MR) is 120 cm³/mol. The first-order chi connectivity index (χ1) is 15.0. The zero-order valence-corrected chi connectivity index (χ0v) is 18.5. The lowest BCUT2D eigenvalue weighted by Crippen LogP contribution is -2.49. The van der Waals surface area contributed by atoms with E-state index in [9.17, 15) is 8.42 Å². The van der Waals surface area contributed by atoms with E-state index in [1.54, 1.807) is 22.5 Å². The summed E-state index contributed by atoms with van der Waals surface area (Å²) in [6, 6.07) is 18.4. The third kappa shape index (κ3) is 4.86. The van der Waals surface area contributed by atoms with Crippen LogP contribution in [0.15, 0.2) is 65.6 Å². The van der Waals surface area contributed by atoms with Crippen molar-refractivity contribution < 1.29 is 13.2 Å². The molecule has 31 heavy (non-hydrogen) atoms. The number of benzene rings is 2. The van der Waals surface area contributed by atoms with Crippen molar-refractivity contribution in [3.63, 3.8) is 0 Å². The maximum absolute atomic E-state index is 13.0. The zero-order valence-electron chi connectivity index (χ0n) is 17.7. The number of ether oxygens (including phenoxy) is 1. The number of hydrogen-bond acceptors (Lipinski definition) is 6. The molecule has 1 saturated heterocycles. The molecule has 2 aromatic carbocycles. The van der Waals surface area contributed by atoms with Gasteiger partial charge in [0.15, 0.2) is 0 Å². The van der Waals surface area contributed by atoms with E-state index in [4.69, 9.17) is 4.74 Å². The summed E-state index contributed by atoms with van der Waals surface area (Å²) in [5, 5.41) is 0. The number of anilines is 1. The van der Waals surface area contributed by atoms with Gasteiger partial charge in [0.25, 0.3) is 0 Å². The van der Waals surface area contributed by atoms with Gasteiger partial charge in [-0.25, -0.2) is 13.4 Å². The molecule has 1 aliphatic rings. The lowest BCUT2D eigenvalue weighted by Gasteiger charge is -2.34. The van der Waals surface area contributed by atoms with E-state index in [0.29, 0.717) is 48.5 Å². The topological polar surface area (TPSA) is 75.6 Å². The summed E-state index contributed by atoms with van der Waals surface area (Å²) in [7, 11) is -3.50. The van der Waals surface area contributed by atoms with Gasteiger partial charge in [-0.1, -0.05) is 37.3 Å². The predicted octanol–water partition coefficient (Wildman–Crippen LogP) is 3.65. The molecule has 0 N–H and O–H groups in total. The van der Waals surface area contributed by atoms with Gasteiger partial charge >= 0.3 is 0 Å². The molecule has 8 heteroatoms. The molecule has 7 nitrogen and oxygen atoms in total. The van der Waals surface area contributed by atoms with Crippen LogP contribution in [-0.4, -0.2) is 48.9 Å². The van der Waals surface area contributed by atoms with Crippen molar-refractivity contribution in [1.82, 2.24) is 14.3 Å². The Balaban J connectivity index is 1.45. The van der Waals surface area contributed by atoms with Crippen molar-refractivity contribution in [2.75, 3.05) is 31.1 Å². The summed E-state index contributed by atoms with van der Waals surface area (Å²) >= 11 is 0. The van der Waals surface area contributed by atoms with Crippen LogP contribution in [0, 0.1) is 6.92 Å². The molecule has 0 spiro atoms. The Bertz CT molecular complexity index is 1130. The zero-order chi connectivity index (χ0) is 21.8. The molecule has 0 atom stereocenters. The fourth-order valence-corrected chi connectivity index (χ4v) is 4.97. The van der Waals surface area contributed by atoms with Gasteiger partial charge in [0.1, 0.15) is 17.4 Å². The number of aromatic nitrogens is 2. The van der Waals surface area contributed by atoms with Gasteiger partial charge < -0.3 is 9.64 Å². The molecular formula is C23H26N4O3S. The minimum atomic E-state index is -3.50. The second-order valence-corrected chi connectivity index (χ2v) is 9.35. The van der Waals surface area contributed by atoms with Crippen LogP contribution >= 0.6 is 0 Å². The Morgan fingerprint density at radius 2 is 1.61 bits per heavy atom. The minimum Gasteiger partial charge on any atom is -0.439 e. The summed E-state index contributed by atoms with van der Waals surface area (Å²) in [6.07, 6.45) is 0.882. The van der Waals surface area contributed by atoms with E-state index in [1.165, 1.54) is 0 Å². The fraction of sp³-hybridized carbons (Fsp3) is 0.304. The number of sulfonamides is 1. The Morgan fingerprint density at radius 1 is 0.935 bits per heavy atom. The maximum atomic E-state index is 13.0. The first kappa shape index (κ1) is 21.3. The summed E-state index contributed by atoms with van der Waals surface area (Å²) in [4.78, 5) is 11.3. The molecular weight excluding hydrogens is 412 g/mol. The highest BCUT2D eigenvalue weighted by molar-refractivity contribution is 7.89. The standard InChI is InChI=1S/C23H26N4O3S/c1-3-19-9-11-21(12-10-19)31(28,29)27-15-13-26(14-16-27)22-17-23(25-18(2)24-22)30-20-7-5-4-6-8-20/h4-12,17H,3,13-16H2,1-2H3. The molecule has 0 bridgehead atoms. The second kappa shape index (κ2) is 9.03. The summed E-state index contributed by atoms with van der Waals surface area (Å²) in [5.41, 5.74) is 1.12. The van der Waals surface area contributed by atoms with E-state index >= 15 is 0 Å².